The third-order valence-electron chi connectivity index (χ3n) is 2.40. The highest BCUT2D eigenvalue weighted by atomic mass is 79.9. The van der Waals surface area contributed by atoms with E-state index in [1.807, 2.05) is 0 Å². The number of ether oxygens (including phenoxy) is 2. The minimum absolute atomic E-state index is 0.0864. The van der Waals surface area contributed by atoms with Gasteiger partial charge in [-0.05, 0) is 12.1 Å². The Balaban J connectivity index is 2.64. The lowest BCUT2D eigenvalue weighted by Gasteiger charge is -2.14. The van der Waals surface area contributed by atoms with Gasteiger partial charge in [0.25, 0.3) is 5.69 Å². The van der Waals surface area contributed by atoms with Crippen LogP contribution in [0.4, 0.5) is 5.69 Å². The number of nitrogens with one attached hydrogen (secondary N) is 1. The normalized spacial score (nSPS) is 10.9. The van der Waals surface area contributed by atoms with Crippen LogP contribution in [0.15, 0.2) is 22.7 Å². The quantitative estimate of drug-likeness (QED) is 0.473. The van der Waals surface area contributed by atoms with Crippen LogP contribution in [0.3, 0.4) is 0 Å². The lowest BCUT2D eigenvalue weighted by Crippen LogP contribution is -2.29. The predicted octanol–water partition coefficient (Wildman–Crippen LogP) is 2.07. The standard InChI is InChI=1S/C11H15BrN2O4/c1-17-11(18-2)7-13-6-8-3-4-9(12)5-10(8)14(15)16/h3-5,11,13H,6-7H2,1-2H3. The molecule has 0 heterocycles. The van der Waals surface area contributed by atoms with Crippen molar-refractivity contribution < 1.29 is 14.4 Å². The first-order valence-corrected chi connectivity index (χ1v) is 6.07. The van der Waals surface area contributed by atoms with E-state index in [2.05, 4.69) is 21.2 Å². The van der Waals surface area contributed by atoms with Gasteiger partial charge in [-0.15, -0.1) is 0 Å². The molecular weight excluding hydrogens is 304 g/mol. The van der Waals surface area contributed by atoms with Gasteiger partial charge in [-0.25, -0.2) is 0 Å². The minimum atomic E-state index is -0.397. The molecule has 100 valence electrons. The van der Waals surface area contributed by atoms with Gasteiger partial charge in [0.1, 0.15) is 0 Å². The van der Waals surface area contributed by atoms with Crippen LogP contribution in [0.2, 0.25) is 0 Å². The first-order valence-electron chi connectivity index (χ1n) is 5.27. The number of benzene rings is 1. The molecule has 0 saturated carbocycles. The van der Waals surface area contributed by atoms with E-state index in [1.165, 1.54) is 20.3 Å². The van der Waals surface area contributed by atoms with Crippen LogP contribution >= 0.6 is 15.9 Å². The lowest BCUT2D eigenvalue weighted by molar-refractivity contribution is -0.385. The molecule has 0 aromatic heterocycles. The summed E-state index contributed by atoms with van der Waals surface area (Å²) in [5.41, 5.74) is 0.706. The number of nitro groups is 1. The van der Waals surface area contributed by atoms with Crippen molar-refractivity contribution in [3.63, 3.8) is 0 Å². The van der Waals surface area contributed by atoms with Crippen LogP contribution in [0.1, 0.15) is 5.56 Å². The highest BCUT2D eigenvalue weighted by Gasteiger charge is 2.14. The Hall–Kier alpha value is -1.02. The number of methoxy groups -OCH3 is 2. The summed E-state index contributed by atoms with van der Waals surface area (Å²) in [6, 6.07) is 4.97. The van der Waals surface area contributed by atoms with Gasteiger partial charge < -0.3 is 14.8 Å². The number of halogens is 1. The molecule has 7 heteroatoms. The van der Waals surface area contributed by atoms with Crippen molar-refractivity contribution in [3.05, 3.63) is 38.3 Å². The van der Waals surface area contributed by atoms with E-state index in [4.69, 9.17) is 9.47 Å². The number of nitrogens with zero attached hydrogens (tertiary/aromatic N) is 1. The molecule has 0 aliphatic heterocycles. The van der Waals surface area contributed by atoms with E-state index in [0.717, 1.165) is 0 Å². The molecule has 0 bridgehead atoms. The molecule has 1 N–H and O–H groups in total. The first-order chi connectivity index (χ1) is 8.58. The number of hydrogen-bond donors (Lipinski definition) is 1. The van der Waals surface area contributed by atoms with Gasteiger partial charge in [0, 0.05) is 43.4 Å². The first kappa shape index (κ1) is 15.0. The lowest BCUT2D eigenvalue weighted by atomic mass is 10.2. The van der Waals surface area contributed by atoms with Crippen LogP contribution in [0, 0.1) is 10.1 Å². The Kier molecular flexibility index (Phi) is 6.20. The fourth-order valence-electron chi connectivity index (χ4n) is 1.44. The maximum absolute atomic E-state index is 10.9. The summed E-state index contributed by atoms with van der Waals surface area (Å²) in [5.74, 6) is 0. The van der Waals surface area contributed by atoms with Crippen LogP contribution in [-0.2, 0) is 16.0 Å². The molecule has 0 saturated heterocycles. The summed E-state index contributed by atoms with van der Waals surface area (Å²) in [7, 11) is 3.08. The molecular formula is C11H15BrN2O4. The molecule has 18 heavy (non-hydrogen) atoms. The van der Waals surface area contributed by atoms with Gasteiger partial charge in [0.15, 0.2) is 6.29 Å². The molecule has 0 aliphatic rings. The van der Waals surface area contributed by atoms with Gasteiger partial charge in [-0.3, -0.25) is 10.1 Å². The average Bonchev–Trinajstić information content (AvgIpc) is 2.36. The topological polar surface area (TPSA) is 73.6 Å². The van der Waals surface area contributed by atoms with Crippen LogP contribution in [0.25, 0.3) is 0 Å². The average molecular weight is 319 g/mol. The van der Waals surface area contributed by atoms with Crippen LogP contribution in [-0.4, -0.2) is 32.0 Å². The maximum Gasteiger partial charge on any atom is 0.275 e. The summed E-state index contributed by atoms with van der Waals surface area (Å²) in [4.78, 5) is 10.5. The molecule has 0 spiro atoms. The van der Waals surface area contributed by atoms with Crippen LogP contribution in [0.5, 0.6) is 0 Å². The Morgan fingerprint density at radius 3 is 2.67 bits per heavy atom. The summed E-state index contributed by atoms with van der Waals surface area (Å²) in [6.07, 6.45) is -0.362. The SMILES string of the molecule is COC(CNCc1ccc(Br)cc1[N+](=O)[O-])OC. The largest absolute Gasteiger partial charge is 0.355 e. The van der Waals surface area contributed by atoms with Gasteiger partial charge in [0.2, 0.25) is 0 Å². The van der Waals surface area contributed by atoms with Crippen molar-refractivity contribution in [2.24, 2.45) is 0 Å². The fourth-order valence-corrected chi connectivity index (χ4v) is 1.79. The van der Waals surface area contributed by atoms with Crippen molar-refractivity contribution >= 4 is 21.6 Å². The molecule has 0 radical (unpaired) electrons. The molecule has 1 aromatic carbocycles. The van der Waals surface area contributed by atoms with Gasteiger partial charge in [-0.1, -0.05) is 15.9 Å². The Labute approximate surface area is 114 Å². The number of hydrogen-bond acceptors (Lipinski definition) is 5. The van der Waals surface area contributed by atoms with Gasteiger partial charge in [-0.2, -0.15) is 0 Å². The smallest absolute Gasteiger partial charge is 0.275 e. The van der Waals surface area contributed by atoms with Gasteiger partial charge in [0.05, 0.1) is 4.92 Å². The molecule has 6 nitrogen and oxygen atoms in total. The second-order valence-electron chi connectivity index (χ2n) is 3.56. The fraction of sp³-hybridized carbons (Fsp3) is 0.455. The third kappa shape index (κ3) is 4.34. The Morgan fingerprint density at radius 2 is 2.11 bits per heavy atom. The van der Waals surface area contributed by atoms with E-state index in [1.54, 1.807) is 12.1 Å². The van der Waals surface area contributed by atoms with Crippen molar-refractivity contribution in [1.82, 2.24) is 5.32 Å². The highest BCUT2D eigenvalue weighted by Crippen LogP contribution is 2.23. The van der Waals surface area contributed by atoms with Crippen molar-refractivity contribution in [3.8, 4) is 0 Å². The second-order valence-corrected chi connectivity index (χ2v) is 4.48. The molecule has 0 atom stereocenters. The molecule has 0 unspecified atom stereocenters. The molecule has 0 amide bonds. The molecule has 1 aromatic rings. The van der Waals surface area contributed by atoms with E-state index in [-0.39, 0.29) is 12.0 Å². The van der Waals surface area contributed by atoms with E-state index in [9.17, 15) is 10.1 Å². The number of rotatable bonds is 7. The van der Waals surface area contributed by atoms with Crippen LogP contribution < -0.4 is 5.32 Å². The maximum atomic E-state index is 10.9. The highest BCUT2D eigenvalue weighted by molar-refractivity contribution is 9.10. The molecule has 0 fully saturated rings. The number of nitro benzene ring substituents is 1. The Morgan fingerprint density at radius 1 is 1.44 bits per heavy atom. The van der Waals surface area contributed by atoms with Crippen molar-refractivity contribution in [2.75, 3.05) is 20.8 Å². The zero-order valence-electron chi connectivity index (χ0n) is 10.2. The van der Waals surface area contributed by atoms with Crippen molar-refractivity contribution in [2.45, 2.75) is 12.8 Å². The van der Waals surface area contributed by atoms with Crippen molar-refractivity contribution in [1.29, 1.82) is 0 Å². The second kappa shape index (κ2) is 7.42. The summed E-state index contributed by atoms with van der Waals surface area (Å²) < 4.78 is 10.7. The Bertz CT molecular complexity index is 410. The summed E-state index contributed by atoms with van der Waals surface area (Å²) in [6.45, 7) is 0.840. The molecule has 1 rings (SSSR count). The predicted molar refractivity (Wildman–Crippen MR) is 70.3 cm³/mol. The summed E-state index contributed by atoms with van der Waals surface area (Å²) >= 11 is 3.21. The minimum Gasteiger partial charge on any atom is -0.355 e. The van der Waals surface area contributed by atoms with E-state index < -0.39 is 4.92 Å². The monoisotopic (exact) mass is 318 g/mol. The van der Waals surface area contributed by atoms with E-state index in [0.29, 0.717) is 23.1 Å². The molecule has 0 aliphatic carbocycles. The van der Waals surface area contributed by atoms with E-state index >= 15 is 0 Å². The van der Waals surface area contributed by atoms with Gasteiger partial charge >= 0.3 is 0 Å². The zero-order chi connectivity index (χ0) is 13.5. The third-order valence-corrected chi connectivity index (χ3v) is 2.89. The zero-order valence-corrected chi connectivity index (χ0v) is 11.8. The summed E-state index contributed by atoms with van der Waals surface area (Å²) in [5, 5.41) is 13.9.